The lowest BCUT2D eigenvalue weighted by atomic mass is 9.76. The molecule has 1 aromatic carbocycles. The summed E-state index contributed by atoms with van der Waals surface area (Å²) in [5.74, 6) is 0.860. The van der Waals surface area contributed by atoms with Crippen molar-refractivity contribution in [3.05, 3.63) is 35.4 Å². The summed E-state index contributed by atoms with van der Waals surface area (Å²) in [5, 5.41) is 19.3. The van der Waals surface area contributed by atoms with Gasteiger partial charge in [0.25, 0.3) is 0 Å². The Bertz CT molecular complexity index is 984. The van der Waals surface area contributed by atoms with Gasteiger partial charge in [-0.25, -0.2) is 4.79 Å². The van der Waals surface area contributed by atoms with Gasteiger partial charge in [0, 0.05) is 27.8 Å². The van der Waals surface area contributed by atoms with E-state index in [0.29, 0.717) is 12.1 Å². The maximum Gasteiger partial charge on any atom is 0.407 e. The number of fused-ring (bicyclic) bond motifs is 1. The molecule has 174 valence electrons. The minimum Gasteiger partial charge on any atom is -0.543 e. The predicted molar refractivity (Wildman–Crippen MR) is 133 cm³/mol. The van der Waals surface area contributed by atoms with E-state index in [2.05, 4.69) is 66.8 Å². The molecular weight excluding hydrogens is 436 g/mol. The fraction of sp³-hybridized carbons (Fsp3) is 0.600. The van der Waals surface area contributed by atoms with E-state index in [1.54, 1.807) is 16.7 Å². The molecule has 3 rings (SSSR count). The van der Waals surface area contributed by atoms with E-state index in [-0.39, 0.29) is 21.2 Å². The second kappa shape index (κ2) is 8.14. The molecule has 2 aliphatic heterocycles. The van der Waals surface area contributed by atoms with Crippen LogP contribution in [-0.4, -0.2) is 41.8 Å². The molecule has 1 N–H and O–H groups in total. The topological polar surface area (TPSA) is 73.6 Å². The number of carbonyl (C=O) groups is 1. The first-order chi connectivity index (χ1) is 14.6. The van der Waals surface area contributed by atoms with E-state index in [4.69, 9.17) is 4.43 Å². The molecule has 1 fully saturated rings. The Morgan fingerprint density at radius 3 is 2.47 bits per heavy atom. The van der Waals surface area contributed by atoms with Crippen molar-refractivity contribution in [2.24, 2.45) is 5.41 Å². The molecule has 2 unspecified atom stereocenters. The van der Waals surface area contributed by atoms with Crippen molar-refractivity contribution in [2.45, 2.75) is 88.2 Å². The average molecular weight is 473 g/mol. The molecular formula is C25H36N2O3SSi. The Morgan fingerprint density at radius 1 is 1.28 bits per heavy atom. The molecule has 0 saturated carbocycles. The fourth-order valence-electron chi connectivity index (χ4n) is 4.19. The van der Waals surface area contributed by atoms with Crippen molar-refractivity contribution in [3.63, 3.8) is 0 Å². The molecule has 2 heterocycles. The van der Waals surface area contributed by atoms with Crippen LogP contribution in [0.2, 0.25) is 18.1 Å². The number of hydrogen-bond donors (Lipinski definition) is 1. The summed E-state index contributed by atoms with van der Waals surface area (Å²) >= 11 is 1.80. The highest BCUT2D eigenvalue weighted by molar-refractivity contribution is 8.01. The highest BCUT2D eigenvalue weighted by Crippen LogP contribution is 2.54. The van der Waals surface area contributed by atoms with Crippen molar-refractivity contribution in [3.8, 4) is 6.07 Å². The monoisotopic (exact) mass is 472 g/mol. The van der Waals surface area contributed by atoms with Crippen LogP contribution in [0.5, 0.6) is 0 Å². The summed E-state index contributed by atoms with van der Waals surface area (Å²) in [6.07, 6.45) is 2.87. The van der Waals surface area contributed by atoms with Gasteiger partial charge in [-0.15, -0.1) is 11.8 Å². The number of piperidine rings is 1. The van der Waals surface area contributed by atoms with Crippen LogP contribution in [0.3, 0.4) is 0 Å². The lowest BCUT2D eigenvalue weighted by molar-refractivity contribution is 0.0536. The zero-order valence-electron chi connectivity index (χ0n) is 20.6. The molecule has 2 aliphatic rings. The number of likely N-dealkylation sites (tertiary alicyclic amines) is 1. The largest absolute Gasteiger partial charge is 0.543 e. The Labute approximate surface area is 198 Å². The van der Waals surface area contributed by atoms with Crippen LogP contribution in [0, 0.1) is 16.7 Å². The van der Waals surface area contributed by atoms with Crippen LogP contribution < -0.4 is 0 Å². The number of carboxylic acid groups (broad SMARTS) is 1. The Kier molecular flexibility index (Phi) is 6.29. The number of benzene rings is 1. The second-order valence-electron chi connectivity index (χ2n) is 11.7. The maximum atomic E-state index is 12.0. The summed E-state index contributed by atoms with van der Waals surface area (Å²) in [6, 6.07) is 7.98. The lowest BCUT2D eigenvalue weighted by Gasteiger charge is -2.50. The number of rotatable bonds is 2. The Balaban J connectivity index is 2.10. The molecule has 0 bridgehead atoms. The van der Waals surface area contributed by atoms with Crippen LogP contribution >= 0.6 is 11.8 Å². The number of hydrogen-bond acceptors (Lipinski definition) is 4. The zero-order valence-corrected chi connectivity index (χ0v) is 22.4. The van der Waals surface area contributed by atoms with Crippen molar-refractivity contribution >= 4 is 31.9 Å². The normalized spacial score (nSPS) is 23.9. The zero-order chi connectivity index (χ0) is 24.1. The molecule has 1 saturated heterocycles. The van der Waals surface area contributed by atoms with Gasteiger partial charge in [-0.1, -0.05) is 41.5 Å². The van der Waals surface area contributed by atoms with Crippen molar-refractivity contribution in [1.82, 2.24) is 4.90 Å². The molecule has 32 heavy (non-hydrogen) atoms. The van der Waals surface area contributed by atoms with Gasteiger partial charge in [0.15, 0.2) is 0 Å². The van der Waals surface area contributed by atoms with E-state index < -0.39 is 14.4 Å². The predicted octanol–water partition coefficient (Wildman–Crippen LogP) is 6.95. The highest BCUT2D eigenvalue weighted by atomic mass is 32.2. The lowest BCUT2D eigenvalue weighted by Crippen LogP contribution is -2.55. The van der Waals surface area contributed by atoms with Crippen LogP contribution in [0.25, 0.3) is 5.76 Å². The van der Waals surface area contributed by atoms with Gasteiger partial charge < -0.3 is 14.4 Å². The van der Waals surface area contributed by atoms with Gasteiger partial charge in [0.05, 0.1) is 11.6 Å². The number of nitriles is 1. The minimum absolute atomic E-state index is 0.0409. The highest BCUT2D eigenvalue weighted by Gasteiger charge is 2.48. The smallest absolute Gasteiger partial charge is 0.407 e. The standard InChI is InChI=1S/C25H36N2O3SSi/c1-23(2,3)21-15-25(11-12-27(21)22(28)29)14-19(30-32(7,8)24(4,5)6)18-13-17(16-26)9-10-20(18)31-25/h9-10,13-14,21H,11-12,15H2,1-8H3,(H,28,29). The van der Waals surface area contributed by atoms with Gasteiger partial charge in [-0.05, 0) is 60.7 Å². The van der Waals surface area contributed by atoms with Crippen molar-refractivity contribution in [2.75, 3.05) is 6.54 Å². The number of nitrogens with zero attached hydrogens (tertiary/aromatic N) is 2. The van der Waals surface area contributed by atoms with Gasteiger partial charge in [-0.3, -0.25) is 0 Å². The molecule has 0 aromatic heterocycles. The van der Waals surface area contributed by atoms with E-state index in [1.807, 2.05) is 18.2 Å². The van der Waals surface area contributed by atoms with Gasteiger partial charge in [0.2, 0.25) is 8.32 Å². The SMILES string of the molecule is CC(C)(C)C1CC2(C=C(O[Si](C)(C)C(C)(C)C)c3cc(C#N)ccc3S2)CCN1C(=O)O. The summed E-state index contributed by atoms with van der Waals surface area (Å²) in [4.78, 5) is 14.7. The molecule has 2 atom stereocenters. The van der Waals surface area contributed by atoms with E-state index in [0.717, 1.165) is 29.1 Å². The van der Waals surface area contributed by atoms with Crippen LogP contribution in [0.1, 0.15) is 65.5 Å². The summed E-state index contributed by atoms with van der Waals surface area (Å²) in [6.45, 7) is 18.0. The molecule has 0 radical (unpaired) electrons. The Hall–Kier alpha value is -1.91. The van der Waals surface area contributed by atoms with Gasteiger partial charge in [0.1, 0.15) is 5.76 Å². The third-order valence-corrected chi connectivity index (χ3v) is 13.0. The van der Waals surface area contributed by atoms with E-state index in [1.165, 1.54) is 0 Å². The van der Waals surface area contributed by atoms with E-state index in [9.17, 15) is 15.2 Å². The molecule has 1 amide bonds. The molecule has 7 heteroatoms. The van der Waals surface area contributed by atoms with Gasteiger partial charge >= 0.3 is 6.09 Å². The molecule has 1 aromatic rings. The van der Waals surface area contributed by atoms with Crippen LogP contribution in [-0.2, 0) is 4.43 Å². The Morgan fingerprint density at radius 2 is 1.94 bits per heavy atom. The summed E-state index contributed by atoms with van der Waals surface area (Å²) in [5.41, 5.74) is 1.43. The third-order valence-electron chi connectivity index (χ3n) is 7.19. The summed E-state index contributed by atoms with van der Waals surface area (Å²) < 4.78 is 6.61. The maximum absolute atomic E-state index is 12.0. The minimum atomic E-state index is -2.12. The van der Waals surface area contributed by atoms with Gasteiger partial charge in [-0.2, -0.15) is 5.26 Å². The first-order valence-corrected chi connectivity index (χ1v) is 15.0. The average Bonchev–Trinajstić information content (AvgIpc) is 2.65. The number of amides is 1. The third kappa shape index (κ3) is 4.72. The molecule has 5 nitrogen and oxygen atoms in total. The fourth-order valence-corrected chi connectivity index (χ4v) is 6.66. The number of thioether (sulfide) groups is 1. The second-order valence-corrected chi connectivity index (χ2v) is 17.9. The molecule has 1 spiro atoms. The van der Waals surface area contributed by atoms with Crippen molar-refractivity contribution in [1.29, 1.82) is 5.26 Å². The van der Waals surface area contributed by atoms with E-state index >= 15 is 0 Å². The first kappa shape index (κ1) is 24.7. The molecule has 0 aliphatic carbocycles. The van der Waals surface area contributed by atoms with Crippen LogP contribution in [0.15, 0.2) is 29.2 Å². The summed E-state index contributed by atoms with van der Waals surface area (Å²) in [7, 11) is -2.12. The van der Waals surface area contributed by atoms with Crippen molar-refractivity contribution < 1.29 is 14.3 Å². The first-order valence-electron chi connectivity index (χ1n) is 11.2. The van der Waals surface area contributed by atoms with Crippen LogP contribution in [0.4, 0.5) is 4.79 Å². The quantitative estimate of drug-likeness (QED) is 0.471.